The summed E-state index contributed by atoms with van der Waals surface area (Å²) >= 11 is 0. The molecule has 8 heteroatoms. The van der Waals surface area contributed by atoms with Crippen LogP contribution in [-0.4, -0.2) is 86.5 Å². The lowest BCUT2D eigenvalue weighted by Crippen LogP contribution is -2.40. The van der Waals surface area contributed by atoms with Crippen LogP contribution in [0, 0.1) is 0 Å². The fraction of sp³-hybridized carbons (Fsp3) is 0.538. The smallest absolute Gasteiger partial charge is 0.361 e. The van der Waals surface area contributed by atoms with E-state index in [0.29, 0.717) is 17.4 Å². The Morgan fingerprint density at radius 3 is 1.25 bits per heavy atom. The number of carboxylic acids is 1. The molecule has 0 rings (SSSR count). The van der Waals surface area contributed by atoms with E-state index in [1.54, 1.807) is 0 Å². The zero-order valence-corrected chi connectivity index (χ0v) is 37.8. The van der Waals surface area contributed by atoms with E-state index in [2.05, 4.69) is 141 Å². The van der Waals surface area contributed by atoms with Gasteiger partial charge < -0.3 is 28.9 Å². The van der Waals surface area contributed by atoms with Crippen molar-refractivity contribution in [1.29, 1.82) is 0 Å². The van der Waals surface area contributed by atoms with Crippen molar-refractivity contribution in [2.75, 3.05) is 47.5 Å². The van der Waals surface area contributed by atoms with E-state index in [1.807, 2.05) is 21.1 Å². The highest BCUT2D eigenvalue weighted by Crippen LogP contribution is 2.09. The van der Waals surface area contributed by atoms with Gasteiger partial charge in [0.25, 0.3) is 6.29 Å². The molecular formula is C52H82NO7+. The number of carbonyl (C=O) groups excluding carboxylic acids is 1. The molecule has 60 heavy (non-hydrogen) atoms. The zero-order valence-electron chi connectivity index (χ0n) is 37.8. The molecule has 0 aromatic heterocycles. The minimum atomic E-state index is -1.48. The average molecular weight is 833 g/mol. The van der Waals surface area contributed by atoms with Gasteiger partial charge in [0.1, 0.15) is 19.3 Å². The number of carboxylic acid groups (broad SMARTS) is 1. The van der Waals surface area contributed by atoms with Crippen molar-refractivity contribution in [2.45, 2.75) is 135 Å². The molecule has 2 unspecified atom stereocenters. The molecule has 0 amide bonds. The summed E-state index contributed by atoms with van der Waals surface area (Å²) in [5.41, 5.74) is 0. The lowest BCUT2D eigenvalue weighted by molar-refractivity contribution is -0.870. The second-order valence-electron chi connectivity index (χ2n) is 15.5. The van der Waals surface area contributed by atoms with Crippen LogP contribution in [0.25, 0.3) is 0 Å². The number of hydrogen-bond acceptors (Lipinski definition) is 6. The Labute approximate surface area is 365 Å². The number of aliphatic carboxylic acids is 1. The molecule has 0 spiro atoms. The van der Waals surface area contributed by atoms with Gasteiger partial charge in [-0.25, -0.2) is 4.79 Å². The standard InChI is InChI=1S/C52H81NO7/c1-5-6-7-8-9-10-11-12-13-14-15-16-17-18-19-20-21-22-23-24-25-26-27-28-29-30-31-32-33-34-35-36-37-38-39-40-41-42-43-44-50(55)59-47-49(54)48-60-52(51(56)57)58-46-45-53(2,3)4/h6-7,9-10,12-13,15-16,18-19,21-22,24-25,27-28,30-31,33-34,36-37,49,52,54H,5,8,11,14,17,20,23,26,29,32,35,38-48H2,1-4H3/p+1/b7-6-,10-9-,13-12-,16-15-,19-18-,22-21-,25-24-,28-27-,31-30-,34-33-,37-36-. The summed E-state index contributed by atoms with van der Waals surface area (Å²) < 4.78 is 16.1. The van der Waals surface area contributed by atoms with Gasteiger partial charge in [-0.3, -0.25) is 4.79 Å². The zero-order chi connectivity index (χ0) is 44.0. The molecule has 0 aromatic rings. The van der Waals surface area contributed by atoms with Crippen LogP contribution in [0.3, 0.4) is 0 Å². The third-order valence-corrected chi connectivity index (χ3v) is 8.65. The van der Waals surface area contributed by atoms with E-state index >= 15 is 0 Å². The summed E-state index contributed by atoms with van der Waals surface area (Å²) in [5, 5.41) is 19.3. The van der Waals surface area contributed by atoms with Gasteiger partial charge in [-0.2, -0.15) is 0 Å². The van der Waals surface area contributed by atoms with E-state index in [-0.39, 0.29) is 25.8 Å². The van der Waals surface area contributed by atoms with Gasteiger partial charge in [0.15, 0.2) is 0 Å². The highest BCUT2D eigenvalue weighted by molar-refractivity contribution is 5.70. The van der Waals surface area contributed by atoms with Gasteiger partial charge in [-0.15, -0.1) is 0 Å². The fourth-order valence-electron chi connectivity index (χ4n) is 5.19. The predicted molar refractivity (Wildman–Crippen MR) is 253 cm³/mol. The van der Waals surface area contributed by atoms with Crippen LogP contribution in [0.5, 0.6) is 0 Å². The first-order valence-corrected chi connectivity index (χ1v) is 22.4. The van der Waals surface area contributed by atoms with Crippen LogP contribution in [0.2, 0.25) is 0 Å². The predicted octanol–water partition coefficient (Wildman–Crippen LogP) is 12.2. The van der Waals surface area contributed by atoms with Gasteiger partial charge in [-0.1, -0.05) is 160 Å². The Morgan fingerprint density at radius 2 is 0.867 bits per heavy atom. The molecule has 336 valence electrons. The Bertz CT molecular complexity index is 1370. The van der Waals surface area contributed by atoms with E-state index in [0.717, 1.165) is 109 Å². The number of nitrogens with zero attached hydrogens (tertiary/aromatic N) is 1. The first-order valence-electron chi connectivity index (χ1n) is 22.4. The molecule has 0 aromatic carbocycles. The van der Waals surface area contributed by atoms with Crippen molar-refractivity contribution < 1.29 is 38.5 Å². The van der Waals surface area contributed by atoms with Gasteiger partial charge in [0, 0.05) is 6.42 Å². The van der Waals surface area contributed by atoms with Gasteiger partial charge in [-0.05, 0) is 89.9 Å². The van der Waals surface area contributed by atoms with E-state index < -0.39 is 18.4 Å². The second kappa shape index (κ2) is 43.0. The highest BCUT2D eigenvalue weighted by atomic mass is 16.7. The number of ether oxygens (including phenoxy) is 3. The number of allylic oxidation sites excluding steroid dienone is 22. The Morgan fingerprint density at radius 1 is 0.500 bits per heavy atom. The first kappa shape index (κ1) is 55.9. The van der Waals surface area contributed by atoms with Crippen molar-refractivity contribution in [3.05, 3.63) is 134 Å². The summed E-state index contributed by atoms with van der Waals surface area (Å²) in [4.78, 5) is 23.3. The van der Waals surface area contributed by atoms with Gasteiger partial charge in [0.05, 0.1) is 34.4 Å². The topological polar surface area (TPSA) is 102 Å². The number of hydrogen-bond donors (Lipinski definition) is 2. The van der Waals surface area contributed by atoms with Crippen molar-refractivity contribution in [1.82, 2.24) is 0 Å². The molecule has 0 saturated heterocycles. The quantitative estimate of drug-likeness (QED) is 0.0209. The molecule has 8 nitrogen and oxygen atoms in total. The number of unbranched alkanes of at least 4 members (excludes halogenated alkanes) is 5. The third-order valence-electron chi connectivity index (χ3n) is 8.65. The summed E-state index contributed by atoms with van der Waals surface area (Å²) in [5.74, 6) is -1.64. The highest BCUT2D eigenvalue weighted by Gasteiger charge is 2.22. The van der Waals surface area contributed by atoms with Gasteiger partial charge >= 0.3 is 11.9 Å². The summed E-state index contributed by atoms with van der Waals surface area (Å²) in [6, 6.07) is 0. The number of aliphatic hydroxyl groups excluding tert-OH is 1. The molecule has 0 aliphatic carbocycles. The Kier molecular flexibility index (Phi) is 40.1. The van der Waals surface area contributed by atoms with E-state index in [9.17, 15) is 19.8 Å². The lowest BCUT2D eigenvalue weighted by Gasteiger charge is -2.24. The lowest BCUT2D eigenvalue weighted by atomic mass is 10.1. The molecule has 0 fully saturated rings. The van der Waals surface area contributed by atoms with Crippen molar-refractivity contribution in [3.63, 3.8) is 0 Å². The third kappa shape index (κ3) is 45.0. The van der Waals surface area contributed by atoms with Crippen LogP contribution in [0.4, 0.5) is 0 Å². The van der Waals surface area contributed by atoms with E-state index in [1.165, 1.54) is 0 Å². The Hall–Kier alpha value is -4.08. The second-order valence-corrected chi connectivity index (χ2v) is 15.5. The van der Waals surface area contributed by atoms with Crippen molar-refractivity contribution in [2.24, 2.45) is 0 Å². The minimum Gasteiger partial charge on any atom is -0.477 e. The average Bonchev–Trinajstić information content (AvgIpc) is 3.21. The van der Waals surface area contributed by atoms with Crippen molar-refractivity contribution in [3.8, 4) is 0 Å². The largest absolute Gasteiger partial charge is 0.477 e. The number of likely N-dealkylation sites (N-methyl/N-ethyl adjacent to an activating group) is 1. The SMILES string of the molecule is CC/C=C\C/C=C\C/C=C\C/C=C\C/C=C\C/C=C\C/C=C\C/C=C\C/C=C\C/C=C\C/C=C\CCCCCCCC(=O)OCC(O)COC(OCC[N+](C)(C)C)C(=O)O. The number of rotatable bonds is 39. The number of esters is 1. The van der Waals surface area contributed by atoms with Crippen LogP contribution in [0.1, 0.15) is 122 Å². The molecule has 0 aliphatic rings. The maximum absolute atomic E-state index is 12.0. The normalized spacial score (nSPS) is 14.3. The van der Waals surface area contributed by atoms with Crippen LogP contribution >= 0.6 is 0 Å². The number of carbonyl (C=O) groups is 2. The summed E-state index contributed by atoms with van der Waals surface area (Å²) in [6.45, 7) is 2.42. The monoisotopic (exact) mass is 833 g/mol. The Balaban J connectivity index is 3.69. The van der Waals surface area contributed by atoms with Gasteiger partial charge in [0.2, 0.25) is 0 Å². The molecule has 0 bridgehead atoms. The molecule has 0 aliphatic heterocycles. The number of aliphatic hydroxyl groups is 1. The molecule has 0 saturated carbocycles. The van der Waals surface area contributed by atoms with Crippen LogP contribution in [0.15, 0.2) is 134 Å². The minimum absolute atomic E-state index is 0.200. The molecule has 2 N–H and O–H groups in total. The summed E-state index contributed by atoms with van der Waals surface area (Å²) in [6.07, 6.45) is 63.6. The van der Waals surface area contributed by atoms with Crippen molar-refractivity contribution >= 4 is 11.9 Å². The van der Waals surface area contributed by atoms with Crippen LogP contribution in [-0.2, 0) is 23.8 Å². The summed E-state index contributed by atoms with van der Waals surface area (Å²) in [7, 11) is 5.90. The fourth-order valence-corrected chi connectivity index (χ4v) is 5.19. The molecular weight excluding hydrogens is 751 g/mol. The van der Waals surface area contributed by atoms with Crippen LogP contribution < -0.4 is 0 Å². The number of quaternary nitrogens is 1. The maximum Gasteiger partial charge on any atom is 0.361 e. The molecule has 0 radical (unpaired) electrons. The van der Waals surface area contributed by atoms with E-state index in [4.69, 9.17) is 14.2 Å². The first-order chi connectivity index (χ1) is 29.2. The maximum atomic E-state index is 12.0. The molecule has 2 atom stereocenters. The molecule has 0 heterocycles.